The number of methoxy groups -OCH3 is 1. The van der Waals surface area contributed by atoms with Gasteiger partial charge < -0.3 is 19.0 Å². The summed E-state index contributed by atoms with van der Waals surface area (Å²) in [7, 11) is 0.161. The number of carbonyl (C=O) groups excluding carboxylic acids is 1. The van der Waals surface area contributed by atoms with E-state index >= 15 is 0 Å². The second kappa shape index (κ2) is 11.5. The average molecular weight is 590 g/mol. The molecule has 42 heavy (non-hydrogen) atoms. The second-order valence-electron chi connectivity index (χ2n) is 13.2. The van der Waals surface area contributed by atoms with Crippen molar-refractivity contribution in [2.45, 2.75) is 80.2 Å². The van der Waals surface area contributed by atoms with Crippen molar-refractivity contribution < 1.29 is 23.8 Å². The summed E-state index contributed by atoms with van der Waals surface area (Å²) < 4.78 is 19.7. The molecule has 0 aliphatic heterocycles. The Kier molecular flexibility index (Phi) is 8.58. The molecule has 1 N–H and O–H groups in total. The van der Waals surface area contributed by atoms with Crippen molar-refractivity contribution in [1.29, 1.82) is 0 Å². The fraction of sp³-hybridized carbons (Fsp3) is 0.424. The van der Waals surface area contributed by atoms with E-state index in [1.807, 2.05) is 71.0 Å². The van der Waals surface area contributed by atoms with E-state index in [9.17, 15) is 9.90 Å². The number of ether oxygens (including phenoxy) is 2. The molecule has 224 valence electrons. The van der Waals surface area contributed by atoms with Gasteiger partial charge in [0.15, 0.2) is 9.04 Å². The predicted octanol–water partition coefficient (Wildman–Crippen LogP) is 7.97. The third kappa shape index (κ3) is 6.52. The third-order valence-electron chi connectivity index (χ3n) is 6.92. The van der Waals surface area contributed by atoms with Crippen LogP contribution < -0.4 is 4.74 Å². The Balaban J connectivity index is 2.00. The number of aromatic hydroxyl groups is 1. The summed E-state index contributed by atoms with van der Waals surface area (Å²) in [5.74, 6) is 0.527. The molecular weight excluding hydrogens is 546 g/mol. The molecule has 8 nitrogen and oxygen atoms in total. The van der Waals surface area contributed by atoms with Crippen LogP contribution in [0.5, 0.6) is 11.6 Å². The van der Waals surface area contributed by atoms with E-state index in [-0.39, 0.29) is 23.1 Å². The second-order valence-corrected chi connectivity index (χ2v) is 15.6. The van der Waals surface area contributed by atoms with Gasteiger partial charge in [0.05, 0.1) is 35.7 Å². The molecular formula is C33H43N3O5Si. The van der Waals surface area contributed by atoms with Crippen LogP contribution in [-0.4, -0.2) is 47.7 Å². The summed E-state index contributed by atoms with van der Waals surface area (Å²) in [4.78, 5) is 13.9. The number of phenols is 1. The van der Waals surface area contributed by atoms with Crippen molar-refractivity contribution in [2.75, 3.05) is 7.11 Å². The van der Waals surface area contributed by atoms with Gasteiger partial charge in [0.1, 0.15) is 11.4 Å². The third-order valence-corrected chi connectivity index (χ3v) is 7.73. The topological polar surface area (TPSA) is 95.7 Å². The van der Waals surface area contributed by atoms with E-state index in [1.54, 1.807) is 4.57 Å². The molecule has 0 aliphatic rings. The molecule has 2 aromatic carbocycles. The molecule has 0 spiro atoms. The lowest BCUT2D eigenvalue weighted by molar-refractivity contribution is 0.0547. The van der Waals surface area contributed by atoms with Gasteiger partial charge in [-0.15, -0.1) is 10.2 Å². The first-order valence-electron chi connectivity index (χ1n) is 14.3. The van der Waals surface area contributed by atoms with Crippen LogP contribution >= 0.6 is 0 Å². The van der Waals surface area contributed by atoms with Crippen molar-refractivity contribution >= 4 is 26.0 Å². The number of phenolic OH excluding ortho intramolecular Hbond substituents is 1. The van der Waals surface area contributed by atoms with Gasteiger partial charge in [-0.1, -0.05) is 32.9 Å². The van der Waals surface area contributed by atoms with Crippen molar-refractivity contribution in [3.63, 3.8) is 0 Å². The maximum atomic E-state index is 13.9. The fourth-order valence-corrected chi connectivity index (χ4v) is 6.21. The highest BCUT2D eigenvalue weighted by molar-refractivity contribution is 6.48. The maximum Gasteiger partial charge on any atom is 0.419 e. The summed E-state index contributed by atoms with van der Waals surface area (Å²) in [5.41, 5.74) is 4.86. The lowest BCUT2D eigenvalue weighted by Crippen LogP contribution is -2.28. The summed E-state index contributed by atoms with van der Waals surface area (Å²) in [6.45, 7) is 20.1. The summed E-state index contributed by atoms with van der Waals surface area (Å²) in [6, 6.07) is 13.7. The molecule has 2 heterocycles. The maximum absolute atomic E-state index is 13.9. The van der Waals surface area contributed by atoms with Gasteiger partial charge in [-0.2, -0.15) is 0 Å². The van der Waals surface area contributed by atoms with Gasteiger partial charge in [0, 0.05) is 10.9 Å². The number of aromatic nitrogens is 3. The minimum atomic E-state index is -1.37. The number of hydrogen-bond acceptors (Lipinski definition) is 7. The van der Waals surface area contributed by atoms with Crippen LogP contribution in [0.15, 0.2) is 42.5 Å². The number of fused-ring (bicyclic) bond motifs is 1. The molecule has 0 saturated heterocycles. The van der Waals surface area contributed by atoms with Crippen molar-refractivity contribution in [1.82, 2.24) is 14.8 Å². The van der Waals surface area contributed by atoms with Gasteiger partial charge in [-0.05, 0) is 100 Å². The number of aryl methyl sites for hydroxylation is 2. The normalized spacial score (nSPS) is 13.0. The van der Waals surface area contributed by atoms with Crippen LogP contribution in [0.25, 0.3) is 33.4 Å². The van der Waals surface area contributed by atoms with E-state index in [0.29, 0.717) is 22.5 Å². The molecule has 0 saturated carbocycles. The van der Waals surface area contributed by atoms with Crippen molar-refractivity contribution in [3.8, 4) is 34.1 Å². The minimum Gasteiger partial charge on any atom is -0.507 e. The van der Waals surface area contributed by atoms with E-state index < -0.39 is 20.7 Å². The van der Waals surface area contributed by atoms with Crippen LogP contribution in [0.3, 0.4) is 0 Å². The molecule has 1 unspecified atom stereocenters. The molecule has 2 aromatic heterocycles. The monoisotopic (exact) mass is 589 g/mol. The lowest BCUT2D eigenvalue weighted by atomic mass is 9.84. The number of nitrogens with zero attached hydrogens (tertiary/aromatic N) is 3. The highest BCUT2D eigenvalue weighted by Crippen LogP contribution is 2.41. The van der Waals surface area contributed by atoms with E-state index in [4.69, 9.17) is 13.9 Å². The zero-order valence-corrected chi connectivity index (χ0v) is 27.8. The largest absolute Gasteiger partial charge is 0.507 e. The Bertz CT molecular complexity index is 1610. The minimum absolute atomic E-state index is 0.135. The summed E-state index contributed by atoms with van der Waals surface area (Å²) in [6.07, 6.45) is -0.642. The van der Waals surface area contributed by atoms with Crippen LogP contribution in [0.4, 0.5) is 4.79 Å². The Morgan fingerprint density at radius 2 is 1.60 bits per heavy atom. The lowest BCUT2D eigenvalue weighted by Gasteiger charge is -2.33. The molecule has 0 radical (unpaired) electrons. The number of hydrogen-bond donors (Lipinski definition) is 1. The standard InChI is InChI=1S/C33H43N3O5Si/c1-19-14-23(15-20(2)28(19)37)25-18-24(30(39-9)35-34-25)27-16-21-12-13-22(29(32(3,4)5)41-42(10)11)17-26(21)36(27)31(38)40-33(6,7)8/h12-18,29,37,42H,1-11H3. The Hall–Kier alpha value is -3.69. The van der Waals surface area contributed by atoms with Crippen LogP contribution in [0, 0.1) is 19.3 Å². The Morgan fingerprint density at radius 1 is 0.952 bits per heavy atom. The first kappa shape index (κ1) is 31.2. The Morgan fingerprint density at radius 3 is 2.14 bits per heavy atom. The van der Waals surface area contributed by atoms with E-state index in [2.05, 4.69) is 50.1 Å². The van der Waals surface area contributed by atoms with Gasteiger partial charge in [0.25, 0.3) is 0 Å². The number of benzene rings is 2. The molecule has 4 aromatic rings. The summed E-state index contributed by atoms with van der Waals surface area (Å²) in [5, 5.41) is 19.9. The highest BCUT2D eigenvalue weighted by atomic mass is 28.3. The fourth-order valence-electron chi connectivity index (χ4n) is 5.10. The average Bonchev–Trinajstić information content (AvgIpc) is 3.26. The molecule has 0 amide bonds. The molecule has 1 atom stereocenters. The quantitative estimate of drug-likeness (QED) is 0.228. The first-order chi connectivity index (χ1) is 19.5. The van der Waals surface area contributed by atoms with Crippen molar-refractivity contribution in [2.24, 2.45) is 5.41 Å². The Labute approximate surface area is 250 Å². The van der Waals surface area contributed by atoms with Crippen LogP contribution in [-0.2, 0) is 9.16 Å². The molecule has 9 heteroatoms. The summed E-state index contributed by atoms with van der Waals surface area (Å²) >= 11 is 0. The van der Waals surface area contributed by atoms with Crippen LogP contribution in [0.1, 0.15) is 64.3 Å². The zero-order chi connectivity index (χ0) is 31.1. The molecule has 0 bridgehead atoms. The molecule has 4 rings (SSSR count). The van der Waals surface area contributed by atoms with Gasteiger partial charge in [-0.25, -0.2) is 9.36 Å². The SMILES string of the molecule is COc1nnc(-c2cc(C)c(O)c(C)c2)cc1-c1cc2ccc(C(O[SiH](C)C)C(C)(C)C)cc2n1C(=O)OC(C)(C)C. The number of carbonyl (C=O) groups is 1. The molecule has 0 fully saturated rings. The van der Waals surface area contributed by atoms with Crippen molar-refractivity contribution in [3.05, 3.63) is 59.2 Å². The van der Waals surface area contributed by atoms with Gasteiger partial charge >= 0.3 is 6.09 Å². The zero-order valence-electron chi connectivity index (χ0n) is 26.6. The predicted molar refractivity (Wildman–Crippen MR) is 170 cm³/mol. The van der Waals surface area contributed by atoms with Crippen LogP contribution in [0.2, 0.25) is 13.1 Å². The molecule has 0 aliphatic carbocycles. The van der Waals surface area contributed by atoms with Gasteiger partial charge in [0.2, 0.25) is 5.88 Å². The van der Waals surface area contributed by atoms with E-state index in [0.717, 1.165) is 27.6 Å². The number of rotatable bonds is 6. The van der Waals surface area contributed by atoms with Gasteiger partial charge in [-0.3, -0.25) is 0 Å². The van der Waals surface area contributed by atoms with E-state index in [1.165, 1.54) is 7.11 Å². The first-order valence-corrected chi connectivity index (χ1v) is 17.0. The smallest absolute Gasteiger partial charge is 0.419 e. The highest BCUT2D eigenvalue weighted by Gasteiger charge is 2.30.